The van der Waals surface area contributed by atoms with Crippen LogP contribution in [0.1, 0.15) is 0 Å². The predicted octanol–water partition coefficient (Wildman–Crippen LogP) is 16.0. The van der Waals surface area contributed by atoms with Gasteiger partial charge in [-0.25, -0.2) is 4.98 Å². The van der Waals surface area contributed by atoms with Crippen LogP contribution in [0.3, 0.4) is 0 Å². The van der Waals surface area contributed by atoms with Crippen LogP contribution in [0.25, 0.3) is 144 Å². The number of nitrogens with zero attached hydrogens (tertiary/aromatic N) is 5. The van der Waals surface area contributed by atoms with Gasteiger partial charge in [-0.05, 0) is 82.6 Å². The van der Waals surface area contributed by atoms with Crippen LogP contribution in [0.15, 0.2) is 221 Å². The van der Waals surface area contributed by atoms with Crippen LogP contribution >= 0.6 is 0 Å². The van der Waals surface area contributed by atoms with Gasteiger partial charge >= 0.3 is 0 Å². The van der Waals surface area contributed by atoms with E-state index < -0.39 is 0 Å². The molecule has 0 bridgehead atoms. The molecular formula is C61H35N5O2. The van der Waals surface area contributed by atoms with Crippen LogP contribution < -0.4 is 0 Å². The standard InChI is InChI=1S/C61H35N5O2/c1-2-15-37(16-3-1)59-62-60(40-28-31-55-48(33-40)44-20-8-12-24-53(44)67-55)64-61(63-59)66-51-23-11-7-19-43(51)47-30-29-46-42-18-6-10-22-50(42)65(56(46)57(47)66)52-35-41(39-27-26-36-14-4-5-17-38(36)32-39)34-49-45-21-9-13-25-54(45)68-58(49)52/h1-35H. The molecule has 68 heavy (non-hydrogen) atoms. The second kappa shape index (κ2) is 14.1. The molecule has 7 heteroatoms. The molecule has 316 valence electrons. The van der Waals surface area contributed by atoms with Gasteiger partial charge in [-0.15, -0.1) is 0 Å². The van der Waals surface area contributed by atoms with Crippen LogP contribution in [0.2, 0.25) is 0 Å². The van der Waals surface area contributed by atoms with Gasteiger partial charge in [0.05, 0.1) is 27.8 Å². The Morgan fingerprint density at radius 1 is 0.309 bits per heavy atom. The molecule has 0 N–H and O–H groups in total. The van der Waals surface area contributed by atoms with Crippen molar-refractivity contribution >= 4 is 98.3 Å². The zero-order valence-electron chi connectivity index (χ0n) is 36.3. The molecule has 0 spiro atoms. The number of rotatable bonds is 5. The Morgan fingerprint density at radius 3 is 1.63 bits per heavy atom. The molecule has 0 aliphatic carbocycles. The molecule has 0 aliphatic heterocycles. The summed E-state index contributed by atoms with van der Waals surface area (Å²) in [5.74, 6) is 1.65. The van der Waals surface area contributed by atoms with Crippen LogP contribution in [-0.4, -0.2) is 24.1 Å². The van der Waals surface area contributed by atoms with Gasteiger partial charge in [-0.2, -0.15) is 9.97 Å². The van der Waals surface area contributed by atoms with Gasteiger partial charge in [-0.1, -0.05) is 152 Å². The first kappa shape index (κ1) is 36.9. The Bertz CT molecular complexity index is 4570. The third kappa shape index (κ3) is 5.38. The molecule has 0 unspecified atom stereocenters. The van der Waals surface area contributed by atoms with Gasteiger partial charge < -0.3 is 13.4 Å². The lowest BCUT2D eigenvalue weighted by atomic mass is 9.98. The number of benzene rings is 10. The first-order valence-electron chi connectivity index (χ1n) is 22.8. The average molecular weight is 870 g/mol. The summed E-state index contributed by atoms with van der Waals surface area (Å²) in [6.07, 6.45) is 0. The molecule has 10 aromatic carbocycles. The van der Waals surface area contributed by atoms with E-state index in [9.17, 15) is 0 Å². The Hall–Kier alpha value is -9.33. The molecule has 15 aromatic rings. The Labute approximate surface area is 387 Å². The fourth-order valence-corrected chi connectivity index (χ4v) is 10.6. The van der Waals surface area contributed by atoms with E-state index in [-0.39, 0.29) is 0 Å². The lowest BCUT2D eigenvalue weighted by Crippen LogP contribution is -2.07. The molecule has 0 radical (unpaired) electrons. The van der Waals surface area contributed by atoms with Crippen molar-refractivity contribution in [3.05, 3.63) is 212 Å². The van der Waals surface area contributed by atoms with Crippen molar-refractivity contribution in [1.82, 2.24) is 24.1 Å². The Morgan fingerprint density at radius 2 is 0.868 bits per heavy atom. The maximum absolute atomic E-state index is 6.97. The molecule has 0 aliphatic rings. The summed E-state index contributed by atoms with van der Waals surface area (Å²) in [5, 5.41) is 11.0. The molecule has 0 fully saturated rings. The Balaban J connectivity index is 1.07. The molecule has 0 amide bonds. The summed E-state index contributed by atoms with van der Waals surface area (Å²) in [7, 11) is 0. The zero-order valence-corrected chi connectivity index (χ0v) is 36.3. The topological polar surface area (TPSA) is 74.8 Å². The quantitative estimate of drug-likeness (QED) is 0.172. The minimum Gasteiger partial charge on any atom is -0.456 e. The molecular weight excluding hydrogens is 835 g/mol. The van der Waals surface area contributed by atoms with Crippen LogP contribution in [0.4, 0.5) is 0 Å². The van der Waals surface area contributed by atoms with Gasteiger partial charge in [0.1, 0.15) is 16.7 Å². The first-order valence-corrected chi connectivity index (χ1v) is 22.8. The van der Waals surface area contributed by atoms with E-state index in [1.807, 2.05) is 54.6 Å². The summed E-state index contributed by atoms with van der Waals surface area (Å²) >= 11 is 0. The van der Waals surface area contributed by atoms with E-state index in [2.05, 4.69) is 167 Å². The average Bonchev–Trinajstić information content (AvgIpc) is 4.16. The number of furan rings is 2. The lowest BCUT2D eigenvalue weighted by Gasteiger charge is -2.15. The third-order valence-corrected chi connectivity index (χ3v) is 13.7. The van der Waals surface area contributed by atoms with Crippen molar-refractivity contribution in [3.8, 4) is 45.5 Å². The van der Waals surface area contributed by atoms with Crippen LogP contribution in [0, 0.1) is 0 Å². The highest BCUT2D eigenvalue weighted by molar-refractivity contribution is 6.24. The largest absolute Gasteiger partial charge is 0.456 e. The second-order valence-electron chi connectivity index (χ2n) is 17.6. The molecule has 15 rings (SSSR count). The normalized spacial score (nSPS) is 12.1. The van der Waals surface area contributed by atoms with Gasteiger partial charge in [-0.3, -0.25) is 4.57 Å². The van der Waals surface area contributed by atoms with E-state index in [0.717, 1.165) is 115 Å². The second-order valence-corrected chi connectivity index (χ2v) is 17.6. The number of hydrogen-bond acceptors (Lipinski definition) is 5. The molecule has 5 aromatic heterocycles. The highest BCUT2D eigenvalue weighted by atomic mass is 16.3. The number of fused-ring (bicyclic) bond motifs is 14. The zero-order chi connectivity index (χ0) is 44.5. The third-order valence-electron chi connectivity index (χ3n) is 13.7. The summed E-state index contributed by atoms with van der Waals surface area (Å²) < 4.78 is 17.9. The first-order chi connectivity index (χ1) is 33.7. The fraction of sp³-hybridized carbons (Fsp3) is 0. The maximum atomic E-state index is 6.97. The smallest absolute Gasteiger partial charge is 0.238 e. The van der Waals surface area contributed by atoms with E-state index in [1.54, 1.807) is 0 Å². The summed E-state index contributed by atoms with van der Waals surface area (Å²) in [5.41, 5.74) is 12.3. The number of hydrogen-bond donors (Lipinski definition) is 0. The minimum atomic E-state index is 0.514. The van der Waals surface area contributed by atoms with Gasteiger partial charge in [0.15, 0.2) is 17.2 Å². The van der Waals surface area contributed by atoms with E-state index >= 15 is 0 Å². The molecule has 5 heterocycles. The molecule has 0 saturated carbocycles. The van der Waals surface area contributed by atoms with Gasteiger partial charge in [0, 0.05) is 54.2 Å². The molecule has 0 saturated heterocycles. The van der Waals surface area contributed by atoms with Crippen LogP contribution in [0.5, 0.6) is 0 Å². The fourth-order valence-electron chi connectivity index (χ4n) is 10.6. The van der Waals surface area contributed by atoms with E-state index in [0.29, 0.717) is 17.6 Å². The monoisotopic (exact) mass is 869 g/mol. The van der Waals surface area contributed by atoms with Gasteiger partial charge in [0.25, 0.3) is 0 Å². The molecule has 0 atom stereocenters. The minimum absolute atomic E-state index is 0.514. The van der Waals surface area contributed by atoms with Crippen molar-refractivity contribution in [2.75, 3.05) is 0 Å². The Kier molecular flexibility index (Phi) is 7.65. The van der Waals surface area contributed by atoms with Crippen molar-refractivity contribution in [2.24, 2.45) is 0 Å². The summed E-state index contributed by atoms with van der Waals surface area (Å²) in [6.45, 7) is 0. The number of para-hydroxylation sites is 4. The van der Waals surface area contributed by atoms with E-state index in [1.165, 1.54) is 10.8 Å². The lowest BCUT2D eigenvalue weighted by molar-refractivity contribution is 0.666. The highest BCUT2D eigenvalue weighted by Gasteiger charge is 2.26. The van der Waals surface area contributed by atoms with Crippen molar-refractivity contribution < 1.29 is 8.83 Å². The summed E-state index contributed by atoms with van der Waals surface area (Å²) in [6, 6.07) is 74.5. The maximum Gasteiger partial charge on any atom is 0.238 e. The summed E-state index contributed by atoms with van der Waals surface area (Å²) in [4.78, 5) is 16.0. The van der Waals surface area contributed by atoms with Gasteiger partial charge in [0.2, 0.25) is 5.95 Å². The van der Waals surface area contributed by atoms with Crippen molar-refractivity contribution in [1.29, 1.82) is 0 Å². The predicted molar refractivity (Wildman–Crippen MR) is 277 cm³/mol. The van der Waals surface area contributed by atoms with E-state index in [4.69, 9.17) is 23.8 Å². The number of aromatic nitrogens is 5. The van der Waals surface area contributed by atoms with Crippen molar-refractivity contribution in [2.45, 2.75) is 0 Å². The molecule has 7 nitrogen and oxygen atoms in total. The SMILES string of the molecule is c1ccc(-c2nc(-c3ccc4oc5ccccc5c4c3)nc(-n3c4ccccc4c4ccc5c6ccccc6n(-c6cc(-c7ccc8ccccc8c7)cc7c6oc6ccccc67)c5c43)n2)cc1. The van der Waals surface area contributed by atoms with Crippen LogP contribution in [-0.2, 0) is 0 Å². The van der Waals surface area contributed by atoms with Crippen molar-refractivity contribution in [3.63, 3.8) is 0 Å². The highest BCUT2D eigenvalue weighted by Crippen LogP contribution is 2.45.